The molecule has 1 aromatic rings. The molecular weight excluding hydrogens is 170 g/mol. The number of hydrogen-bond acceptors (Lipinski definition) is 1. The largest absolute Gasteiger partial charge is 0.365 e. The van der Waals surface area contributed by atoms with Gasteiger partial charge in [0, 0.05) is 18.3 Å². The van der Waals surface area contributed by atoms with Gasteiger partial charge in [0.1, 0.15) is 0 Å². The Bertz CT molecular complexity index is 302. The summed E-state index contributed by atoms with van der Waals surface area (Å²) in [5, 5.41) is 0. The summed E-state index contributed by atoms with van der Waals surface area (Å²) >= 11 is 0. The molecule has 0 spiro atoms. The van der Waals surface area contributed by atoms with E-state index in [0.717, 1.165) is 0 Å². The first-order valence-electron chi connectivity index (χ1n) is 5.36. The van der Waals surface area contributed by atoms with Crippen molar-refractivity contribution in [3.05, 3.63) is 42.5 Å². The quantitative estimate of drug-likeness (QED) is 0.642. The number of rotatable bonds is 2. The fourth-order valence-corrected chi connectivity index (χ4v) is 2.15. The fourth-order valence-electron chi connectivity index (χ4n) is 2.15. The molecule has 1 aliphatic heterocycles. The Morgan fingerprint density at radius 3 is 2.79 bits per heavy atom. The minimum absolute atomic E-state index is 0.613. The molecule has 0 aliphatic carbocycles. The Balaban J connectivity index is 2.18. The van der Waals surface area contributed by atoms with Gasteiger partial charge in [-0.15, -0.1) is 0 Å². The first-order valence-corrected chi connectivity index (χ1v) is 5.36. The molecule has 0 aromatic heterocycles. The lowest BCUT2D eigenvalue weighted by molar-refractivity contribution is 0.804. The lowest BCUT2D eigenvalue weighted by atomic mass is 10.2. The third-order valence-corrected chi connectivity index (χ3v) is 2.80. The van der Waals surface area contributed by atoms with Crippen LogP contribution in [-0.4, -0.2) is 12.6 Å². The number of para-hydroxylation sites is 1. The van der Waals surface area contributed by atoms with Crippen LogP contribution < -0.4 is 4.90 Å². The first-order chi connectivity index (χ1) is 6.92. The minimum Gasteiger partial charge on any atom is -0.365 e. The molecule has 0 amide bonds. The van der Waals surface area contributed by atoms with Crippen molar-refractivity contribution in [1.29, 1.82) is 0 Å². The van der Waals surface area contributed by atoms with E-state index in [2.05, 4.69) is 54.3 Å². The summed E-state index contributed by atoms with van der Waals surface area (Å²) in [5.74, 6) is 0. The van der Waals surface area contributed by atoms with Crippen molar-refractivity contribution in [1.82, 2.24) is 0 Å². The van der Waals surface area contributed by atoms with Gasteiger partial charge < -0.3 is 4.90 Å². The molecule has 0 bridgehead atoms. The van der Waals surface area contributed by atoms with Crippen molar-refractivity contribution in [2.75, 3.05) is 11.4 Å². The van der Waals surface area contributed by atoms with Crippen LogP contribution in [0.1, 0.15) is 19.8 Å². The Morgan fingerprint density at radius 1 is 1.29 bits per heavy atom. The van der Waals surface area contributed by atoms with Gasteiger partial charge in [-0.05, 0) is 31.9 Å². The van der Waals surface area contributed by atoms with Crippen molar-refractivity contribution >= 4 is 5.69 Å². The highest BCUT2D eigenvalue weighted by molar-refractivity contribution is 5.49. The smallest absolute Gasteiger partial charge is 0.0473 e. The number of anilines is 1. The predicted molar refractivity (Wildman–Crippen MR) is 61.6 cm³/mol. The zero-order valence-corrected chi connectivity index (χ0v) is 8.69. The van der Waals surface area contributed by atoms with E-state index in [4.69, 9.17) is 0 Å². The highest BCUT2D eigenvalue weighted by Crippen LogP contribution is 2.25. The van der Waals surface area contributed by atoms with Crippen LogP contribution in [0.15, 0.2) is 42.5 Å². The number of allylic oxidation sites excluding steroid dienone is 1. The standard InChI is InChI=1S/C13H17N/c1-2-7-12-10-6-11-14(12)13-8-4-3-5-9-13/h2-5,7-9,12H,6,10-11H2,1H3/b7-2+/t12-/m0/s1. The fraction of sp³-hybridized carbons (Fsp3) is 0.385. The van der Waals surface area contributed by atoms with Crippen molar-refractivity contribution in [3.8, 4) is 0 Å². The van der Waals surface area contributed by atoms with Crippen LogP contribution in [0, 0.1) is 0 Å². The summed E-state index contributed by atoms with van der Waals surface area (Å²) in [6.45, 7) is 3.29. The molecule has 1 nitrogen and oxygen atoms in total. The molecule has 0 N–H and O–H groups in total. The molecule has 74 valence electrons. The summed E-state index contributed by atoms with van der Waals surface area (Å²) in [7, 11) is 0. The van der Waals surface area contributed by atoms with Crippen molar-refractivity contribution in [2.24, 2.45) is 0 Å². The molecule has 1 fully saturated rings. The third kappa shape index (κ3) is 1.82. The molecule has 0 radical (unpaired) electrons. The van der Waals surface area contributed by atoms with Crippen molar-refractivity contribution in [3.63, 3.8) is 0 Å². The number of hydrogen-bond donors (Lipinski definition) is 0. The van der Waals surface area contributed by atoms with Crippen LogP contribution in [0.3, 0.4) is 0 Å². The second kappa shape index (κ2) is 4.32. The van der Waals surface area contributed by atoms with Crippen LogP contribution in [0.4, 0.5) is 5.69 Å². The third-order valence-electron chi connectivity index (χ3n) is 2.80. The second-order valence-electron chi connectivity index (χ2n) is 3.76. The summed E-state index contributed by atoms with van der Waals surface area (Å²) in [6, 6.07) is 11.3. The normalized spacial score (nSPS) is 22.1. The van der Waals surface area contributed by atoms with E-state index < -0.39 is 0 Å². The molecule has 1 heteroatoms. The average molecular weight is 187 g/mol. The van der Waals surface area contributed by atoms with Crippen molar-refractivity contribution < 1.29 is 0 Å². The Labute approximate surface area is 86.1 Å². The Kier molecular flexibility index (Phi) is 2.87. The monoisotopic (exact) mass is 187 g/mol. The van der Waals surface area contributed by atoms with Crippen molar-refractivity contribution in [2.45, 2.75) is 25.8 Å². The van der Waals surface area contributed by atoms with E-state index >= 15 is 0 Å². The van der Waals surface area contributed by atoms with E-state index in [1.165, 1.54) is 25.1 Å². The lowest BCUT2D eigenvalue weighted by Crippen LogP contribution is -2.27. The van der Waals surface area contributed by atoms with Gasteiger partial charge in [0.05, 0.1) is 0 Å². The highest BCUT2D eigenvalue weighted by Gasteiger charge is 2.21. The molecule has 1 aromatic carbocycles. The van der Waals surface area contributed by atoms with Crippen LogP contribution in [0.25, 0.3) is 0 Å². The van der Waals surface area contributed by atoms with Gasteiger partial charge in [-0.2, -0.15) is 0 Å². The van der Waals surface area contributed by atoms with E-state index in [1.807, 2.05) is 0 Å². The zero-order chi connectivity index (χ0) is 9.80. The van der Waals surface area contributed by atoms with Crippen LogP contribution in [0.2, 0.25) is 0 Å². The minimum atomic E-state index is 0.613. The highest BCUT2D eigenvalue weighted by atomic mass is 15.2. The van der Waals surface area contributed by atoms with Crippen LogP contribution in [0.5, 0.6) is 0 Å². The zero-order valence-electron chi connectivity index (χ0n) is 8.69. The van der Waals surface area contributed by atoms with Gasteiger partial charge in [0.25, 0.3) is 0 Å². The summed E-state index contributed by atoms with van der Waals surface area (Å²) in [4.78, 5) is 2.49. The topological polar surface area (TPSA) is 3.24 Å². The predicted octanol–water partition coefficient (Wildman–Crippen LogP) is 3.23. The van der Waals surface area contributed by atoms with Gasteiger partial charge in [-0.1, -0.05) is 30.4 Å². The molecule has 1 heterocycles. The second-order valence-corrected chi connectivity index (χ2v) is 3.76. The van der Waals surface area contributed by atoms with E-state index in [-0.39, 0.29) is 0 Å². The molecule has 2 rings (SSSR count). The van der Waals surface area contributed by atoms with E-state index in [1.54, 1.807) is 0 Å². The summed E-state index contributed by atoms with van der Waals surface area (Å²) in [5.41, 5.74) is 1.35. The summed E-state index contributed by atoms with van der Waals surface area (Å²) in [6.07, 6.45) is 7.06. The van der Waals surface area contributed by atoms with E-state index in [9.17, 15) is 0 Å². The van der Waals surface area contributed by atoms with Crippen LogP contribution >= 0.6 is 0 Å². The molecule has 1 aliphatic rings. The van der Waals surface area contributed by atoms with Gasteiger partial charge in [-0.3, -0.25) is 0 Å². The summed E-state index contributed by atoms with van der Waals surface area (Å²) < 4.78 is 0. The molecular formula is C13H17N. The maximum atomic E-state index is 2.49. The van der Waals surface area contributed by atoms with Crippen LogP contribution in [-0.2, 0) is 0 Å². The number of nitrogens with zero attached hydrogens (tertiary/aromatic N) is 1. The molecule has 1 atom stereocenters. The van der Waals surface area contributed by atoms with Gasteiger partial charge in [-0.25, -0.2) is 0 Å². The maximum absolute atomic E-state index is 2.49. The molecule has 0 saturated carbocycles. The Hall–Kier alpha value is -1.24. The van der Waals surface area contributed by atoms with Gasteiger partial charge >= 0.3 is 0 Å². The first kappa shape index (κ1) is 9.32. The van der Waals surface area contributed by atoms with Gasteiger partial charge in [0.2, 0.25) is 0 Å². The molecule has 0 unspecified atom stereocenters. The van der Waals surface area contributed by atoms with E-state index in [0.29, 0.717) is 6.04 Å². The average Bonchev–Trinajstić information content (AvgIpc) is 2.68. The number of benzene rings is 1. The molecule has 14 heavy (non-hydrogen) atoms. The molecule has 1 saturated heterocycles. The SMILES string of the molecule is C/C=C/[C@H]1CCCN1c1ccccc1. The maximum Gasteiger partial charge on any atom is 0.0473 e. The Morgan fingerprint density at radius 2 is 2.07 bits per heavy atom. The van der Waals surface area contributed by atoms with Gasteiger partial charge in [0.15, 0.2) is 0 Å². The lowest BCUT2D eigenvalue weighted by Gasteiger charge is -2.24.